The van der Waals surface area contributed by atoms with Crippen LogP contribution in [0.4, 0.5) is 0 Å². The summed E-state index contributed by atoms with van der Waals surface area (Å²) in [5, 5.41) is 0. The van der Waals surface area contributed by atoms with Gasteiger partial charge in [0.05, 0.1) is 6.10 Å². The van der Waals surface area contributed by atoms with Crippen LogP contribution in [0.3, 0.4) is 0 Å². The maximum atomic E-state index is 11.8. The molecule has 0 heterocycles. The number of nitrogens with two attached hydrogens (primary N) is 1. The third-order valence-electron chi connectivity index (χ3n) is 2.45. The van der Waals surface area contributed by atoms with Crippen molar-refractivity contribution in [2.24, 2.45) is 5.73 Å². The number of nitrogens with zero attached hydrogens (tertiary/aromatic N) is 1. The SMILES string of the molecule is CC(C)OCC(=O)N(CCCN)C1CC1. The molecule has 1 fully saturated rings. The van der Waals surface area contributed by atoms with Crippen LogP contribution in [0.1, 0.15) is 33.1 Å². The Kier molecular flexibility index (Phi) is 5.05. The summed E-state index contributed by atoms with van der Waals surface area (Å²) in [5.41, 5.74) is 5.45. The van der Waals surface area contributed by atoms with Gasteiger partial charge in [0.15, 0.2) is 0 Å². The van der Waals surface area contributed by atoms with Crippen molar-refractivity contribution < 1.29 is 9.53 Å². The molecule has 0 aromatic carbocycles. The van der Waals surface area contributed by atoms with E-state index in [9.17, 15) is 4.79 Å². The maximum Gasteiger partial charge on any atom is 0.248 e. The van der Waals surface area contributed by atoms with Crippen molar-refractivity contribution >= 4 is 5.91 Å². The number of rotatable bonds is 7. The quantitative estimate of drug-likeness (QED) is 0.680. The van der Waals surface area contributed by atoms with Crippen molar-refractivity contribution in [3.8, 4) is 0 Å². The van der Waals surface area contributed by atoms with Gasteiger partial charge in [-0.15, -0.1) is 0 Å². The Morgan fingerprint density at radius 3 is 2.67 bits per heavy atom. The molecule has 1 amide bonds. The smallest absolute Gasteiger partial charge is 0.248 e. The zero-order chi connectivity index (χ0) is 11.3. The molecule has 1 aliphatic carbocycles. The van der Waals surface area contributed by atoms with Crippen LogP contribution in [0, 0.1) is 0 Å². The van der Waals surface area contributed by atoms with E-state index in [1.807, 2.05) is 18.7 Å². The Balaban J connectivity index is 2.30. The van der Waals surface area contributed by atoms with Gasteiger partial charge in [-0.2, -0.15) is 0 Å². The molecule has 2 N–H and O–H groups in total. The molecule has 0 atom stereocenters. The van der Waals surface area contributed by atoms with Crippen LogP contribution in [0.15, 0.2) is 0 Å². The highest BCUT2D eigenvalue weighted by atomic mass is 16.5. The van der Waals surface area contributed by atoms with E-state index in [2.05, 4.69) is 0 Å². The standard InChI is InChI=1S/C11H22N2O2/c1-9(2)15-8-11(14)13(7-3-6-12)10-4-5-10/h9-10H,3-8,12H2,1-2H3. The molecule has 0 unspecified atom stereocenters. The predicted octanol–water partition coefficient (Wildman–Crippen LogP) is 0.751. The van der Waals surface area contributed by atoms with Gasteiger partial charge in [-0.3, -0.25) is 4.79 Å². The van der Waals surface area contributed by atoms with Crippen molar-refractivity contribution in [2.75, 3.05) is 19.7 Å². The molecule has 0 aromatic heterocycles. The Bertz CT molecular complexity index is 203. The van der Waals surface area contributed by atoms with Gasteiger partial charge in [-0.05, 0) is 39.7 Å². The van der Waals surface area contributed by atoms with Crippen molar-refractivity contribution in [1.29, 1.82) is 0 Å². The summed E-state index contributed by atoms with van der Waals surface area (Å²) in [6.07, 6.45) is 3.27. The average molecular weight is 214 g/mol. The molecule has 1 aliphatic rings. The number of carbonyl (C=O) groups is 1. The second-order valence-corrected chi connectivity index (χ2v) is 4.32. The lowest BCUT2D eigenvalue weighted by atomic mass is 10.3. The summed E-state index contributed by atoms with van der Waals surface area (Å²) in [4.78, 5) is 13.7. The lowest BCUT2D eigenvalue weighted by Crippen LogP contribution is -2.37. The normalized spacial score (nSPS) is 15.7. The van der Waals surface area contributed by atoms with Crippen molar-refractivity contribution in [1.82, 2.24) is 4.90 Å². The maximum absolute atomic E-state index is 11.8. The number of amides is 1. The van der Waals surface area contributed by atoms with Gasteiger partial charge in [0, 0.05) is 12.6 Å². The van der Waals surface area contributed by atoms with E-state index in [4.69, 9.17) is 10.5 Å². The van der Waals surface area contributed by atoms with E-state index in [1.165, 1.54) is 0 Å². The fraction of sp³-hybridized carbons (Fsp3) is 0.909. The summed E-state index contributed by atoms with van der Waals surface area (Å²) < 4.78 is 5.32. The zero-order valence-corrected chi connectivity index (χ0v) is 9.74. The van der Waals surface area contributed by atoms with E-state index in [-0.39, 0.29) is 18.6 Å². The molecule has 0 bridgehead atoms. The summed E-state index contributed by atoms with van der Waals surface area (Å²) in [6, 6.07) is 0.458. The van der Waals surface area contributed by atoms with Crippen LogP contribution in [0.25, 0.3) is 0 Å². The van der Waals surface area contributed by atoms with Crippen molar-refractivity contribution in [3.05, 3.63) is 0 Å². The zero-order valence-electron chi connectivity index (χ0n) is 9.74. The second kappa shape index (κ2) is 6.08. The first-order valence-electron chi connectivity index (χ1n) is 5.76. The van der Waals surface area contributed by atoms with Crippen LogP contribution >= 0.6 is 0 Å². The third kappa shape index (κ3) is 4.62. The molecule has 1 rings (SSSR count). The first-order chi connectivity index (χ1) is 7.15. The van der Waals surface area contributed by atoms with Crippen molar-refractivity contribution in [3.63, 3.8) is 0 Å². The van der Waals surface area contributed by atoms with Gasteiger partial charge in [0.2, 0.25) is 5.91 Å². The molecule has 0 saturated heterocycles. The fourth-order valence-electron chi connectivity index (χ4n) is 1.48. The Morgan fingerprint density at radius 1 is 1.53 bits per heavy atom. The average Bonchev–Trinajstić information content (AvgIpc) is 2.99. The summed E-state index contributed by atoms with van der Waals surface area (Å²) in [6.45, 7) is 5.50. The van der Waals surface area contributed by atoms with Crippen molar-refractivity contribution in [2.45, 2.75) is 45.3 Å². The van der Waals surface area contributed by atoms with Crippen LogP contribution in [0.2, 0.25) is 0 Å². The molecule has 0 radical (unpaired) electrons. The van der Waals surface area contributed by atoms with Crippen LogP contribution in [-0.2, 0) is 9.53 Å². The third-order valence-corrected chi connectivity index (χ3v) is 2.45. The summed E-state index contributed by atoms with van der Waals surface area (Å²) in [5.74, 6) is 0.111. The molecule has 15 heavy (non-hydrogen) atoms. The molecule has 4 nitrogen and oxygen atoms in total. The Hall–Kier alpha value is -0.610. The number of ether oxygens (including phenoxy) is 1. The Morgan fingerprint density at radius 2 is 2.20 bits per heavy atom. The molecule has 88 valence electrons. The van der Waals surface area contributed by atoms with Crippen LogP contribution in [-0.4, -0.2) is 42.6 Å². The second-order valence-electron chi connectivity index (χ2n) is 4.32. The summed E-state index contributed by atoms with van der Waals surface area (Å²) in [7, 11) is 0. The molecule has 0 spiro atoms. The number of carbonyl (C=O) groups excluding carboxylic acids is 1. The first-order valence-corrected chi connectivity index (χ1v) is 5.76. The van der Waals surface area contributed by atoms with Crippen LogP contribution in [0.5, 0.6) is 0 Å². The van der Waals surface area contributed by atoms with E-state index >= 15 is 0 Å². The largest absolute Gasteiger partial charge is 0.369 e. The molecular weight excluding hydrogens is 192 g/mol. The topological polar surface area (TPSA) is 55.6 Å². The first kappa shape index (κ1) is 12.5. The van der Waals surface area contributed by atoms with Gasteiger partial charge in [-0.1, -0.05) is 0 Å². The Labute approximate surface area is 91.8 Å². The molecule has 0 aromatic rings. The van der Waals surface area contributed by atoms with E-state index in [0.29, 0.717) is 12.6 Å². The minimum atomic E-state index is 0.111. The minimum Gasteiger partial charge on any atom is -0.369 e. The molecule has 4 heteroatoms. The summed E-state index contributed by atoms with van der Waals surface area (Å²) >= 11 is 0. The predicted molar refractivity (Wildman–Crippen MR) is 59.5 cm³/mol. The van der Waals surface area contributed by atoms with Gasteiger partial charge >= 0.3 is 0 Å². The molecule has 1 saturated carbocycles. The van der Waals surface area contributed by atoms with Gasteiger partial charge < -0.3 is 15.4 Å². The monoisotopic (exact) mass is 214 g/mol. The highest BCUT2D eigenvalue weighted by molar-refractivity contribution is 5.78. The van der Waals surface area contributed by atoms with Gasteiger partial charge in [0.25, 0.3) is 0 Å². The molecule has 0 aliphatic heterocycles. The minimum absolute atomic E-state index is 0.111. The molecular formula is C11H22N2O2. The number of hydrogen-bond donors (Lipinski definition) is 1. The van der Waals surface area contributed by atoms with Gasteiger partial charge in [-0.25, -0.2) is 0 Å². The number of hydrogen-bond acceptors (Lipinski definition) is 3. The van der Waals surface area contributed by atoms with Crippen LogP contribution < -0.4 is 5.73 Å². The highest BCUT2D eigenvalue weighted by Crippen LogP contribution is 2.26. The fourth-order valence-corrected chi connectivity index (χ4v) is 1.48. The van der Waals surface area contributed by atoms with E-state index < -0.39 is 0 Å². The van der Waals surface area contributed by atoms with E-state index in [0.717, 1.165) is 25.8 Å². The lowest BCUT2D eigenvalue weighted by Gasteiger charge is -2.22. The lowest BCUT2D eigenvalue weighted by molar-refractivity contribution is -0.138. The highest BCUT2D eigenvalue weighted by Gasteiger charge is 2.31. The van der Waals surface area contributed by atoms with E-state index in [1.54, 1.807) is 0 Å². The van der Waals surface area contributed by atoms with Gasteiger partial charge in [0.1, 0.15) is 6.61 Å².